The topological polar surface area (TPSA) is 78.9 Å². The van der Waals surface area contributed by atoms with E-state index in [1.165, 1.54) is 0 Å². The van der Waals surface area contributed by atoms with Crippen LogP contribution in [0, 0.1) is 0 Å². The van der Waals surface area contributed by atoms with Crippen molar-refractivity contribution < 1.29 is 19.4 Å². The molecule has 20 heavy (non-hydrogen) atoms. The number of ether oxygens (including phenoxy) is 1. The summed E-state index contributed by atoms with van der Waals surface area (Å²) < 4.78 is 5.24. The number of alkyl carbamates (subject to hydrolysis) is 1. The van der Waals surface area contributed by atoms with Crippen molar-refractivity contribution in [3.63, 3.8) is 0 Å². The Hall–Kier alpha value is -1.30. The quantitative estimate of drug-likeness (QED) is 0.806. The fraction of sp³-hybridized carbons (Fsp3) is 0.857. The lowest BCUT2D eigenvalue weighted by Crippen LogP contribution is -2.49. The Labute approximate surface area is 120 Å². The summed E-state index contributed by atoms with van der Waals surface area (Å²) in [6, 6.07) is 0.0865. The predicted octanol–water partition coefficient (Wildman–Crippen LogP) is 1.84. The first kappa shape index (κ1) is 16.8. The van der Waals surface area contributed by atoms with Crippen LogP contribution in [-0.2, 0) is 9.53 Å². The molecule has 0 aliphatic carbocycles. The zero-order valence-corrected chi connectivity index (χ0v) is 12.6. The van der Waals surface area contributed by atoms with E-state index in [1.54, 1.807) is 0 Å². The summed E-state index contributed by atoms with van der Waals surface area (Å²) in [6.45, 7) is 8.01. The molecule has 1 heterocycles. The summed E-state index contributed by atoms with van der Waals surface area (Å²) in [4.78, 5) is 24.4. The summed E-state index contributed by atoms with van der Waals surface area (Å²) >= 11 is 0. The Morgan fingerprint density at radius 2 is 2.10 bits per heavy atom. The Morgan fingerprint density at radius 3 is 2.70 bits per heavy atom. The summed E-state index contributed by atoms with van der Waals surface area (Å²) in [5.74, 6) is -0.759. The first-order valence-corrected chi connectivity index (χ1v) is 7.20. The highest BCUT2D eigenvalue weighted by Gasteiger charge is 2.23. The minimum atomic E-state index is -0.759. The number of nitrogens with zero attached hydrogens (tertiary/aromatic N) is 1. The Balaban J connectivity index is 2.30. The van der Waals surface area contributed by atoms with E-state index in [1.807, 2.05) is 20.8 Å². The number of aliphatic carboxylic acids is 1. The number of hydrogen-bond acceptors (Lipinski definition) is 4. The van der Waals surface area contributed by atoms with Gasteiger partial charge in [0.05, 0.1) is 0 Å². The third-order valence-corrected chi connectivity index (χ3v) is 3.09. The van der Waals surface area contributed by atoms with E-state index in [9.17, 15) is 9.59 Å². The number of carboxylic acids is 1. The molecule has 0 aromatic rings. The van der Waals surface area contributed by atoms with Crippen molar-refractivity contribution in [1.29, 1.82) is 0 Å². The molecule has 0 bridgehead atoms. The van der Waals surface area contributed by atoms with E-state index >= 15 is 0 Å². The van der Waals surface area contributed by atoms with Crippen molar-refractivity contribution in [3.8, 4) is 0 Å². The van der Waals surface area contributed by atoms with Gasteiger partial charge in [-0.2, -0.15) is 0 Å². The minimum Gasteiger partial charge on any atom is -0.481 e. The third kappa shape index (κ3) is 7.33. The first-order chi connectivity index (χ1) is 9.26. The fourth-order valence-corrected chi connectivity index (χ4v) is 2.30. The first-order valence-electron chi connectivity index (χ1n) is 7.20. The van der Waals surface area contributed by atoms with Crippen LogP contribution in [0.15, 0.2) is 0 Å². The molecule has 6 heteroatoms. The van der Waals surface area contributed by atoms with Gasteiger partial charge in [-0.05, 0) is 53.1 Å². The van der Waals surface area contributed by atoms with Crippen molar-refractivity contribution >= 4 is 12.1 Å². The molecular weight excluding hydrogens is 260 g/mol. The molecule has 1 saturated heterocycles. The molecule has 0 saturated carbocycles. The number of nitrogens with one attached hydrogen (secondary N) is 1. The number of rotatable bonds is 5. The Kier molecular flexibility index (Phi) is 6.26. The number of likely N-dealkylation sites (tertiary alicyclic amines) is 1. The molecule has 0 radical (unpaired) electrons. The van der Waals surface area contributed by atoms with Crippen molar-refractivity contribution in [3.05, 3.63) is 0 Å². The molecule has 1 rings (SSSR count). The number of hydrogen-bond donors (Lipinski definition) is 2. The molecule has 1 aliphatic rings. The highest BCUT2D eigenvalue weighted by atomic mass is 16.6. The van der Waals surface area contributed by atoms with Gasteiger partial charge in [-0.15, -0.1) is 0 Å². The lowest BCUT2D eigenvalue weighted by atomic mass is 10.1. The van der Waals surface area contributed by atoms with Crippen LogP contribution in [0.1, 0.15) is 46.5 Å². The van der Waals surface area contributed by atoms with Gasteiger partial charge in [-0.3, -0.25) is 4.79 Å². The number of piperidine rings is 1. The molecule has 1 amide bonds. The fourth-order valence-electron chi connectivity index (χ4n) is 2.30. The molecule has 1 fully saturated rings. The van der Waals surface area contributed by atoms with Gasteiger partial charge >= 0.3 is 12.1 Å². The molecule has 0 spiro atoms. The van der Waals surface area contributed by atoms with Crippen molar-refractivity contribution in [2.75, 3.05) is 19.6 Å². The van der Waals surface area contributed by atoms with Gasteiger partial charge in [-0.25, -0.2) is 4.79 Å². The van der Waals surface area contributed by atoms with Gasteiger partial charge in [0, 0.05) is 19.0 Å². The van der Waals surface area contributed by atoms with Gasteiger partial charge in [0.15, 0.2) is 0 Å². The van der Waals surface area contributed by atoms with Gasteiger partial charge in [0.1, 0.15) is 5.60 Å². The van der Waals surface area contributed by atoms with Crippen LogP contribution in [0.3, 0.4) is 0 Å². The molecule has 0 aromatic carbocycles. The van der Waals surface area contributed by atoms with E-state index in [2.05, 4.69) is 10.2 Å². The second-order valence-corrected chi connectivity index (χ2v) is 6.28. The van der Waals surface area contributed by atoms with Gasteiger partial charge < -0.3 is 20.1 Å². The average Bonchev–Trinajstić information content (AvgIpc) is 2.26. The largest absolute Gasteiger partial charge is 0.481 e. The monoisotopic (exact) mass is 286 g/mol. The lowest BCUT2D eigenvalue weighted by Gasteiger charge is -2.33. The molecule has 1 aliphatic heterocycles. The minimum absolute atomic E-state index is 0.0865. The number of carbonyl (C=O) groups is 2. The lowest BCUT2D eigenvalue weighted by molar-refractivity contribution is -0.137. The second kappa shape index (κ2) is 7.47. The van der Waals surface area contributed by atoms with E-state index in [0.29, 0.717) is 6.42 Å². The smallest absolute Gasteiger partial charge is 0.407 e. The second-order valence-electron chi connectivity index (χ2n) is 6.28. The summed E-state index contributed by atoms with van der Waals surface area (Å²) in [5.41, 5.74) is -0.486. The maximum absolute atomic E-state index is 11.7. The zero-order chi connectivity index (χ0) is 15.2. The highest BCUT2D eigenvalue weighted by molar-refractivity contribution is 5.68. The van der Waals surface area contributed by atoms with E-state index in [4.69, 9.17) is 9.84 Å². The van der Waals surface area contributed by atoms with Crippen LogP contribution in [0.2, 0.25) is 0 Å². The summed E-state index contributed by atoms with van der Waals surface area (Å²) in [7, 11) is 0. The maximum Gasteiger partial charge on any atom is 0.407 e. The van der Waals surface area contributed by atoms with Gasteiger partial charge in [0.2, 0.25) is 0 Å². The third-order valence-electron chi connectivity index (χ3n) is 3.09. The molecule has 6 nitrogen and oxygen atoms in total. The average molecular weight is 286 g/mol. The van der Waals surface area contributed by atoms with E-state index < -0.39 is 11.6 Å². The molecule has 116 valence electrons. The predicted molar refractivity (Wildman–Crippen MR) is 75.7 cm³/mol. The normalized spacial score (nSPS) is 20.4. The molecular formula is C14H26N2O4. The summed E-state index contributed by atoms with van der Waals surface area (Å²) in [6.07, 6.45) is 2.41. The maximum atomic E-state index is 11.7. The van der Waals surface area contributed by atoms with Crippen LogP contribution >= 0.6 is 0 Å². The van der Waals surface area contributed by atoms with E-state index in [0.717, 1.165) is 32.5 Å². The van der Waals surface area contributed by atoms with Gasteiger partial charge in [-0.1, -0.05) is 0 Å². The number of carboxylic acid groups (broad SMARTS) is 1. The summed E-state index contributed by atoms with van der Waals surface area (Å²) in [5, 5.41) is 11.5. The Morgan fingerprint density at radius 1 is 1.40 bits per heavy atom. The van der Waals surface area contributed by atoms with Crippen LogP contribution < -0.4 is 5.32 Å². The SMILES string of the molecule is CC(C)(C)OC(=O)N[C@@H]1CCCN(CCCC(=O)O)C1. The molecule has 2 N–H and O–H groups in total. The highest BCUT2D eigenvalue weighted by Crippen LogP contribution is 2.12. The van der Waals surface area contributed by atoms with Crippen molar-refractivity contribution in [1.82, 2.24) is 10.2 Å². The molecule has 1 atom stereocenters. The van der Waals surface area contributed by atoms with Crippen LogP contribution in [0.5, 0.6) is 0 Å². The van der Waals surface area contributed by atoms with Crippen molar-refractivity contribution in [2.24, 2.45) is 0 Å². The Bertz CT molecular complexity index is 339. The van der Waals surface area contributed by atoms with Gasteiger partial charge in [0.25, 0.3) is 0 Å². The van der Waals surface area contributed by atoms with Crippen LogP contribution in [0.25, 0.3) is 0 Å². The zero-order valence-electron chi connectivity index (χ0n) is 12.6. The standard InChI is InChI=1S/C14H26N2O4/c1-14(2,3)20-13(19)15-11-6-4-8-16(10-11)9-5-7-12(17)18/h11H,4-10H2,1-3H3,(H,15,19)(H,17,18)/t11-/m1/s1. The number of amides is 1. The number of carbonyl (C=O) groups excluding carboxylic acids is 1. The van der Waals surface area contributed by atoms with Crippen LogP contribution in [0.4, 0.5) is 4.79 Å². The van der Waals surface area contributed by atoms with Crippen LogP contribution in [-0.4, -0.2) is 53.3 Å². The molecule has 0 unspecified atom stereocenters. The molecule has 0 aromatic heterocycles. The van der Waals surface area contributed by atoms with Crippen molar-refractivity contribution in [2.45, 2.75) is 58.1 Å². The van der Waals surface area contributed by atoms with E-state index in [-0.39, 0.29) is 18.6 Å².